The topological polar surface area (TPSA) is 56.1 Å². The van der Waals surface area contributed by atoms with Crippen molar-refractivity contribution in [3.8, 4) is 0 Å². The second kappa shape index (κ2) is 9.16. The lowest BCUT2D eigenvalue weighted by Gasteiger charge is -2.11. The highest BCUT2D eigenvalue weighted by molar-refractivity contribution is 6.07. The van der Waals surface area contributed by atoms with Crippen molar-refractivity contribution in [2.75, 3.05) is 11.9 Å². The first-order valence-electron chi connectivity index (χ1n) is 9.23. The Morgan fingerprint density at radius 3 is 2.63 bits per heavy atom. The number of fused-ring (bicyclic) bond motifs is 1. The molecular formula is C21H26FN3O2. The maximum absolute atomic E-state index is 14.3. The van der Waals surface area contributed by atoms with E-state index in [0.29, 0.717) is 23.6 Å². The smallest absolute Gasteiger partial charge is 0.357 e. The van der Waals surface area contributed by atoms with E-state index in [2.05, 4.69) is 10.3 Å². The summed E-state index contributed by atoms with van der Waals surface area (Å²) < 4.78 is 21.4. The molecule has 0 saturated carbocycles. The van der Waals surface area contributed by atoms with Crippen LogP contribution >= 0.6 is 0 Å². The number of pyridine rings is 1. The van der Waals surface area contributed by atoms with Crippen LogP contribution in [0.2, 0.25) is 0 Å². The third kappa shape index (κ3) is 4.10. The average molecular weight is 371 g/mol. The first-order valence-corrected chi connectivity index (χ1v) is 9.23. The molecule has 1 N–H and O–H groups in total. The Hall–Kier alpha value is -2.89. The number of halogens is 1. The van der Waals surface area contributed by atoms with Crippen LogP contribution in [0.1, 0.15) is 43.7 Å². The summed E-state index contributed by atoms with van der Waals surface area (Å²) >= 11 is 0. The number of carbonyl (C=O) groups excluding carboxylic acids is 1. The monoisotopic (exact) mass is 371 g/mol. The summed E-state index contributed by atoms with van der Waals surface area (Å²) in [7, 11) is 0. The van der Waals surface area contributed by atoms with Gasteiger partial charge in [-0.3, -0.25) is 4.98 Å². The van der Waals surface area contributed by atoms with Gasteiger partial charge in [-0.2, -0.15) is 0 Å². The molecule has 27 heavy (non-hydrogen) atoms. The van der Waals surface area contributed by atoms with Gasteiger partial charge in [-0.1, -0.05) is 19.9 Å². The fraction of sp³-hybridized carbons (Fsp3) is 0.333. The molecule has 0 unspecified atom stereocenters. The van der Waals surface area contributed by atoms with Gasteiger partial charge in [-0.15, -0.1) is 0 Å². The molecule has 0 radical (unpaired) electrons. The molecule has 0 fully saturated rings. The Morgan fingerprint density at radius 2 is 2.00 bits per heavy atom. The van der Waals surface area contributed by atoms with Gasteiger partial charge in [0, 0.05) is 24.3 Å². The van der Waals surface area contributed by atoms with Crippen molar-refractivity contribution in [1.82, 2.24) is 9.55 Å². The minimum Gasteiger partial charge on any atom is -0.461 e. The van der Waals surface area contributed by atoms with Crippen LogP contribution in [0.5, 0.6) is 0 Å². The standard InChI is InChI=1S/C19H20FN3O2.C2H6/c1-4-23-16-8-9-21-11-13(16)17(18(23)19(24)25-5-2)22-15-7-6-12(3)10-14(15)20;1-2/h6-11,22H,4-5H2,1-3H3;1-2H3. The first-order chi connectivity index (χ1) is 13.1. The Balaban J connectivity index is 0.00000126. The van der Waals surface area contributed by atoms with Crippen molar-refractivity contribution in [3.05, 3.63) is 53.7 Å². The molecule has 144 valence electrons. The zero-order valence-electron chi connectivity index (χ0n) is 16.5. The Morgan fingerprint density at radius 1 is 1.26 bits per heavy atom. The second-order valence-electron chi connectivity index (χ2n) is 5.69. The first kappa shape index (κ1) is 20.4. The van der Waals surface area contributed by atoms with Gasteiger partial charge < -0.3 is 14.6 Å². The molecule has 3 rings (SSSR count). The normalized spacial score (nSPS) is 10.3. The number of anilines is 2. The summed E-state index contributed by atoms with van der Waals surface area (Å²) in [5.41, 5.74) is 2.84. The van der Waals surface area contributed by atoms with Crippen LogP contribution in [-0.2, 0) is 11.3 Å². The van der Waals surface area contributed by atoms with E-state index >= 15 is 0 Å². The van der Waals surface area contributed by atoms with Gasteiger partial charge in [0.05, 0.1) is 23.5 Å². The molecule has 0 aliphatic heterocycles. The molecule has 0 bridgehead atoms. The number of esters is 1. The molecule has 5 nitrogen and oxygen atoms in total. The van der Waals surface area contributed by atoms with E-state index in [-0.39, 0.29) is 12.4 Å². The largest absolute Gasteiger partial charge is 0.461 e. The molecule has 0 amide bonds. The molecule has 0 saturated heterocycles. The van der Waals surface area contributed by atoms with Crippen molar-refractivity contribution >= 4 is 28.2 Å². The number of ether oxygens (including phenoxy) is 1. The van der Waals surface area contributed by atoms with Crippen LogP contribution in [0.3, 0.4) is 0 Å². The lowest BCUT2D eigenvalue weighted by atomic mass is 10.2. The summed E-state index contributed by atoms with van der Waals surface area (Å²) in [5.74, 6) is -0.827. The van der Waals surface area contributed by atoms with Gasteiger partial charge in [-0.25, -0.2) is 9.18 Å². The molecule has 6 heteroatoms. The molecule has 0 atom stereocenters. The maximum atomic E-state index is 14.3. The number of nitrogens with zero attached hydrogens (tertiary/aromatic N) is 2. The van der Waals surface area contributed by atoms with Crippen LogP contribution in [-0.4, -0.2) is 22.1 Å². The zero-order valence-corrected chi connectivity index (χ0v) is 16.5. The number of carbonyl (C=O) groups is 1. The molecular weight excluding hydrogens is 345 g/mol. The van der Waals surface area contributed by atoms with Crippen molar-refractivity contribution in [1.29, 1.82) is 0 Å². The number of aryl methyl sites for hydroxylation is 2. The predicted octanol–water partition coefficient (Wildman–Crippen LogP) is 5.45. The van der Waals surface area contributed by atoms with Crippen LogP contribution in [0, 0.1) is 12.7 Å². The summed E-state index contributed by atoms with van der Waals surface area (Å²) in [6.45, 7) is 10.4. The van der Waals surface area contributed by atoms with Crippen molar-refractivity contribution in [2.24, 2.45) is 0 Å². The van der Waals surface area contributed by atoms with Gasteiger partial charge in [0.2, 0.25) is 0 Å². The lowest BCUT2D eigenvalue weighted by Crippen LogP contribution is -2.13. The number of hydrogen-bond donors (Lipinski definition) is 1. The maximum Gasteiger partial charge on any atom is 0.357 e. The van der Waals surface area contributed by atoms with Gasteiger partial charge in [-0.05, 0) is 44.5 Å². The van der Waals surface area contributed by atoms with Crippen LogP contribution in [0.4, 0.5) is 15.8 Å². The molecule has 2 aromatic heterocycles. The van der Waals surface area contributed by atoms with Crippen molar-refractivity contribution in [3.63, 3.8) is 0 Å². The molecule has 3 aromatic rings. The third-order valence-corrected chi connectivity index (χ3v) is 4.03. The second-order valence-corrected chi connectivity index (χ2v) is 5.69. The van der Waals surface area contributed by atoms with E-state index in [1.807, 2.05) is 44.4 Å². The number of hydrogen-bond acceptors (Lipinski definition) is 4. The number of rotatable bonds is 5. The van der Waals surface area contributed by atoms with E-state index < -0.39 is 5.97 Å². The van der Waals surface area contributed by atoms with Crippen molar-refractivity contribution < 1.29 is 13.9 Å². The minimum absolute atomic E-state index is 0.265. The predicted molar refractivity (Wildman–Crippen MR) is 107 cm³/mol. The lowest BCUT2D eigenvalue weighted by molar-refractivity contribution is 0.0516. The Kier molecular flexibility index (Phi) is 6.93. The Bertz CT molecular complexity index is 935. The van der Waals surface area contributed by atoms with E-state index in [1.54, 1.807) is 25.4 Å². The number of aromatic nitrogens is 2. The SMILES string of the molecule is CC.CCOC(=O)c1c(Nc2ccc(C)cc2F)c2cnccc2n1CC. The van der Waals surface area contributed by atoms with Crippen LogP contribution < -0.4 is 5.32 Å². The summed E-state index contributed by atoms with van der Waals surface area (Å²) in [5, 5.41) is 3.81. The van der Waals surface area contributed by atoms with Gasteiger partial charge in [0.15, 0.2) is 5.69 Å². The molecule has 2 heterocycles. The summed E-state index contributed by atoms with van der Waals surface area (Å²) in [4.78, 5) is 16.7. The quantitative estimate of drug-likeness (QED) is 0.606. The van der Waals surface area contributed by atoms with Crippen LogP contribution in [0.25, 0.3) is 10.9 Å². The summed E-state index contributed by atoms with van der Waals surface area (Å²) in [6.07, 6.45) is 3.33. The van der Waals surface area contributed by atoms with Gasteiger partial charge in [0.1, 0.15) is 5.82 Å². The average Bonchev–Trinajstić information content (AvgIpc) is 2.99. The molecule has 0 aliphatic rings. The van der Waals surface area contributed by atoms with Gasteiger partial charge in [0.25, 0.3) is 0 Å². The fourth-order valence-electron chi connectivity index (χ4n) is 2.92. The van der Waals surface area contributed by atoms with E-state index in [4.69, 9.17) is 4.74 Å². The number of nitrogens with one attached hydrogen (secondary N) is 1. The van der Waals surface area contributed by atoms with E-state index in [9.17, 15) is 9.18 Å². The van der Waals surface area contributed by atoms with Crippen molar-refractivity contribution in [2.45, 2.75) is 41.2 Å². The Labute approximate surface area is 159 Å². The minimum atomic E-state index is -0.449. The fourth-order valence-corrected chi connectivity index (χ4v) is 2.92. The third-order valence-electron chi connectivity index (χ3n) is 4.03. The molecule has 0 aliphatic carbocycles. The molecule has 0 spiro atoms. The highest BCUT2D eigenvalue weighted by Gasteiger charge is 2.24. The number of benzene rings is 1. The van der Waals surface area contributed by atoms with Crippen LogP contribution in [0.15, 0.2) is 36.7 Å². The zero-order chi connectivity index (χ0) is 20.0. The summed E-state index contributed by atoms with van der Waals surface area (Å²) in [6, 6.07) is 6.75. The highest BCUT2D eigenvalue weighted by Crippen LogP contribution is 2.34. The highest BCUT2D eigenvalue weighted by atomic mass is 19.1. The van der Waals surface area contributed by atoms with Gasteiger partial charge >= 0.3 is 5.97 Å². The van der Waals surface area contributed by atoms with E-state index in [0.717, 1.165) is 16.5 Å². The van der Waals surface area contributed by atoms with E-state index in [1.165, 1.54) is 6.07 Å². The molecule has 1 aromatic carbocycles.